The summed E-state index contributed by atoms with van der Waals surface area (Å²) in [5.74, 6) is 1.04. The molecule has 2 N–H and O–H groups in total. The van der Waals surface area contributed by atoms with Gasteiger partial charge in [-0.3, -0.25) is 0 Å². The van der Waals surface area contributed by atoms with Crippen molar-refractivity contribution in [1.29, 1.82) is 0 Å². The van der Waals surface area contributed by atoms with Crippen LogP contribution in [0.1, 0.15) is 24.3 Å². The van der Waals surface area contributed by atoms with E-state index in [1.54, 1.807) is 4.52 Å². The molecular formula is C9H10N4. The minimum atomic E-state index is 0.355. The minimum absolute atomic E-state index is 0.355. The Hall–Kier alpha value is -1.58. The fourth-order valence-corrected chi connectivity index (χ4v) is 1.66. The highest BCUT2D eigenvalue weighted by atomic mass is 15.3. The standard InChI is InChI=1S/C9H10N4/c10-9-11-8-7(6-3-4-6)2-1-5-13(8)12-9/h1-2,5-6H,3-4H2,(H2,10,12). The molecule has 2 aromatic heterocycles. The van der Waals surface area contributed by atoms with Gasteiger partial charge in [0.1, 0.15) is 0 Å². The second-order valence-corrected chi connectivity index (χ2v) is 3.48. The first kappa shape index (κ1) is 6.88. The Morgan fingerprint density at radius 3 is 3.08 bits per heavy atom. The molecule has 1 fully saturated rings. The Labute approximate surface area is 75.4 Å². The van der Waals surface area contributed by atoms with E-state index < -0.39 is 0 Å². The van der Waals surface area contributed by atoms with E-state index in [0.717, 1.165) is 5.65 Å². The molecule has 4 heteroatoms. The zero-order chi connectivity index (χ0) is 8.84. The Morgan fingerprint density at radius 1 is 1.46 bits per heavy atom. The van der Waals surface area contributed by atoms with Crippen LogP contribution >= 0.6 is 0 Å². The molecule has 0 amide bonds. The second kappa shape index (κ2) is 2.22. The van der Waals surface area contributed by atoms with E-state index in [1.165, 1.54) is 18.4 Å². The van der Waals surface area contributed by atoms with E-state index in [4.69, 9.17) is 5.73 Å². The largest absolute Gasteiger partial charge is 0.366 e. The molecule has 0 aromatic carbocycles. The lowest BCUT2D eigenvalue weighted by Gasteiger charge is -1.97. The van der Waals surface area contributed by atoms with Crippen LogP contribution in [0.2, 0.25) is 0 Å². The van der Waals surface area contributed by atoms with E-state index in [0.29, 0.717) is 11.9 Å². The number of nitrogens with two attached hydrogens (primary N) is 1. The van der Waals surface area contributed by atoms with Crippen LogP contribution in [-0.4, -0.2) is 14.6 Å². The molecule has 1 aliphatic rings. The van der Waals surface area contributed by atoms with Gasteiger partial charge in [0.15, 0.2) is 5.65 Å². The first-order chi connectivity index (χ1) is 6.34. The minimum Gasteiger partial charge on any atom is -0.366 e. The number of nitrogens with zero attached hydrogens (tertiary/aromatic N) is 3. The highest BCUT2D eigenvalue weighted by molar-refractivity contribution is 5.52. The lowest BCUT2D eigenvalue weighted by Crippen LogP contribution is -1.91. The van der Waals surface area contributed by atoms with Crippen LogP contribution in [0.3, 0.4) is 0 Å². The summed E-state index contributed by atoms with van der Waals surface area (Å²) in [6.45, 7) is 0. The van der Waals surface area contributed by atoms with Crippen molar-refractivity contribution in [3.05, 3.63) is 23.9 Å². The van der Waals surface area contributed by atoms with Crippen LogP contribution in [-0.2, 0) is 0 Å². The molecule has 0 bridgehead atoms. The van der Waals surface area contributed by atoms with Gasteiger partial charge in [-0.1, -0.05) is 6.07 Å². The van der Waals surface area contributed by atoms with Gasteiger partial charge < -0.3 is 5.73 Å². The SMILES string of the molecule is Nc1nc2c(C3CC3)cccn2n1. The fourth-order valence-electron chi connectivity index (χ4n) is 1.66. The van der Waals surface area contributed by atoms with E-state index in [-0.39, 0.29) is 0 Å². The summed E-state index contributed by atoms with van der Waals surface area (Å²) < 4.78 is 1.75. The third-order valence-corrected chi connectivity index (χ3v) is 2.43. The number of rotatable bonds is 1. The van der Waals surface area contributed by atoms with Gasteiger partial charge >= 0.3 is 0 Å². The van der Waals surface area contributed by atoms with Gasteiger partial charge in [0.2, 0.25) is 5.95 Å². The molecule has 66 valence electrons. The normalized spacial score (nSPS) is 16.6. The van der Waals surface area contributed by atoms with Crippen molar-refractivity contribution in [2.75, 3.05) is 5.73 Å². The lowest BCUT2D eigenvalue weighted by molar-refractivity contribution is 0.950. The average Bonchev–Trinajstić information content (AvgIpc) is 2.86. The van der Waals surface area contributed by atoms with Crippen LogP contribution in [0.5, 0.6) is 0 Å². The van der Waals surface area contributed by atoms with Gasteiger partial charge in [-0.05, 0) is 24.8 Å². The summed E-state index contributed by atoms with van der Waals surface area (Å²) in [6.07, 6.45) is 4.42. The van der Waals surface area contributed by atoms with Gasteiger partial charge in [0.05, 0.1) is 0 Å². The number of fused-ring (bicyclic) bond motifs is 1. The lowest BCUT2D eigenvalue weighted by atomic mass is 10.2. The number of aromatic nitrogens is 3. The van der Waals surface area contributed by atoms with Gasteiger partial charge in [0, 0.05) is 11.8 Å². The van der Waals surface area contributed by atoms with Gasteiger partial charge in [-0.2, -0.15) is 4.98 Å². The Morgan fingerprint density at radius 2 is 2.31 bits per heavy atom. The molecule has 3 rings (SSSR count). The monoisotopic (exact) mass is 174 g/mol. The molecule has 2 heterocycles. The molecule has 0 saturated heterocycles. The molecule has 1 saturated carbocycles. The highest BCUT2D eigenvalue weighted by Crippen LogP contribution is 2.41. The van der Waals surface area contributed by atoms with Crippen molar-refractivity contribution in [3.63, 3.8) is 0 Å². The van der Waals surface area contributed by atoms with E-state index in [2.05, 4.69) is 16.1 Å². The van der Waals surface area contributed by atoms with Crippen molar-refractivity contribution in [1.82, 2.24) is 14.6 Å². The van der Waals surface area contributed by atoms with E-state index in [9.17, 15) is 0 Å². The number of hydrogen-bond acceptors (Lipinski definition) is 3. The molecule has 1 aliphatic carbocycles. The quantitative estimate of drug-likeness (QED) is 0.706. The summed E-state index contributed by atoms with van der Waals surface area (Å²) in [5, 5.41) is 4.07. The van der Waals surface area contributed by atoms with E-state index in [1.807, 2.05) is 12.3 Å². The molecule has 4 nitrogen and oxygen atoms in total. The summed E-state index contributed by atoms with van der Waals surface area (Å²) in [7, 11) is 0. The second-order valence-electron chi connectivity index (χ2n) is 3.48. The van der Waals surface area contributed by atoms with E-state index >= 15 is 0 Å². The molecule has 0 atom stereocenters. The first-order valence-corrected chi connectivity index (χ1v) is 4.45. The molecule has 2 aromatic rings. The maximum Gasteiger partial charge on any atom is 0.240 e. The third kappa shape index (κ3) is 0.983. The predicted molar refractivity (Wildman–Crippen MR) is 49.4 cm³/mol. The zero-order valence-corrected chi connectivity index (χ0v) is 7.14. The maximum absolute atomic E-state index is 5.54. The number of anilines is 1. The smallest absolute Gasteiger partial charge is 0.240 e. The van der Waals surface area contributed by atoms with Crippen molar-refractivity contribution in [3.8, 4) is 0 Å². The Balaban J connectivity index is 2.31. The predicted octanol–water partition coefficient (Wildman–Crippen LogP) is 1.19. The van der Waals surface area contributed by atoms with Crippen LogP contribution < -0.4 is 5.73 Å². The first-order valence-electron chi connectivity index (χ1n) is 4.45. The molecule has 0 radical (unpaired) electrons. The number of nitrogen functional groups attached to an aromatic ring is 1. The van der Waals surface area contributed by atoms with Crippen LogP contribution in [0.25, 0.3) is 5.65 Å². The fraction of sp³-hybridized carbons (Fsp3) is 0.333. The third-order valence-electron chi connectivity index (χ3n) is 2.43. The Kier molecular flexibility index (Phi) is 1.17. The molecule has 0 unspecified atom stereocenters. The molecule has 13 heavy (non-hydrogen) atoms. The topological polar surface area (TPSA) is 56.2 Å². The number of pyridine rings is 1. The van der Waals surface area contributed by atoms with Crippen LogP contribution in [0.15, 0.2) is 18.3 Å². The van der Waals surface area contributed by atoms with Crippen LogP contribution in [0, 0.1) is 0 Å². The van der Waals surface area contributed by atoms with Crippen molar-refractivity contribution >= 4 is 11.6 Å². The number of hydrogen-bond donors (Lipinski definition) is 1. The summed E-state index contributed by atoms with van der Waals surface area (Å²) >= 11 is 0. The maximum atomic E-state index is 5.54. The Bertz CT molecular complexity index is 456. The molecule has 0 aliphatic heterocycles. The summed E-state index contributed by atoms with van der Waals surface area (Å²) in [4.78, 5) is 4.20. The van der Waals surface area contributed by atoms with Gasteiger partial charge in [0.25, 0.3) is 0 Å². The van der Waals surface area contributed by atoms with Crippen molar-refractivity contribution in [2.24, 2.45) is 0 Å². The highest BCUT2D eigenvalue weighted by Gasteiger charge is 2.26. The van der Waals surface area contributed by atoms with Crippen molar-refractivity contribution in [2.45, 2.75) is 18.8 Å². The van der Waals surface area contributed by atoms with Gasteiger partial charge in [-0.15, -0.1) is 5.10 Å². The molecule has 0 spiro atoms. The summed E-state index contributed by atoms with van der Waals surface area (Å²) in [5.41, 5.74) is 7.74. The summed E-state index contributed by atoms with van der Waals surface area (Å²) in [6, 6.07) is 4.11. The van der Waals surface area contributed by atoms with Crippen LogP contribution in [0.4, 0.5) is 5.95 Å². The molecular weight excluding hydrogens is 164 g/mol. The van der Waals surface area contributed by atoms with Gasteiger partial charge in [-0.25, -0.2) is 4.52 Å². The zero-order valence-electron chi connectivity index (χ0n) is 7.14. The van der Waals surface area contributed by atoms with Crippen molar-refractivity contribution < 1.29 is 0 Å². The average molecular weight is 174 g/mol.